The van der Waals surface area contributed by atoms with Crippen LogP contribution >= 0.6 is 15.9 Å². The lowest BCUT2D eigenvalue weighted by atomic mass is 10.2. The smallest absolute Gasteiger partial charge is 0.226 e. The number of nitrogens with zero attached hydrogens (tertiary/aromatic N) is 5. The van der Waals surface area contributed by atoms with Crippen LogP contribution in [0.3, 0.4) is 0 Å². The van der Waals surface area contributed by atoms with Gasteiger partial charge < -0.3 is 14.6 Å². The summed E-state index contributed by atoms with van der Waals surface area (Å²) in [6.07, 6.45) is 3.47. The second kappa shape index (κ2) is 5.35. The minimum absolute atomic E-state index is 0.0318. The highest BCUT2D eigenvalue weighted by atomic mass is 79.9. The summed E-state index contributed by atoms with van der Waals surface area (Å²) in [6.45, 7) is 4.19. The number of likely N-dealkylation sites (tertiary alicyclic amines) is 1. The predicted molar refractivity (Wildman–Crippen MR) is 76.5 cm³/mol. The van der Waals surface area contributed by atoms with Crippen molar-refractivity contribution in [1.29, 1.82) is 0 Å². The Hall–Kier alpha value is -1.70. The van der Waals surface area contributed by atoms with Crippen molar-refractivity contribution in [3.63, 3.8) is 0 Å². The molecule has 2 saturated heterocycles. The van der Waals surface area contributed by atoms with E-state index in [-0.39, 0.29) is 12.0 Å². The van der Waals surface area contributed by atoms with Crippen LogP contribution in [0.2, 0.25) is 0 Å². The van der Waals surface area contributed by atoms with Crippen molar-refractivity contribution in [1.82, 2.24) is 14.9 Å². The van der Waals surface area contributed by atoms with Gasteiger partial charge in [0.05, 0.1) is 36.4 Å². The largest absolute Gasteiger partial charge is 0.389 e. The predicted octanol–water partition coefficient (Wildman–Crippen LogP) is 0.662. The maximum atomic E-state index is 11.0. The summed E-state index contributed by atoms with van der Waals surface area (Å²) in [4.78, 5) is 28.6. The van der Waals surface area contributed by atoms with Crippen molar-refractivity contribution in [3.8, 4) is 0 Å². The highest BCUT2D eigenvalue weighted by Gasteiger charge is 2.31. The molecule has 2 fully saturated rings. The van der Waals surface area contributed by atoms with Gasteiger partial charge in [-0.2, -0.15) is 0 Å². The van der Waals surface area contributed by atoms with Gasteiger partial charge in [0.1, 0.15) is 0 Å². The van der Waals surface area contributed by atoms with Gasteiger partial charge in [-0.05, 0) is 15.9 Å². The fourth-order valence-electron chi connectivity index (χ4n) is 1.97. The molecule has 0 saturated carbocycles. The van der Waals surface area contributed by atoms with Crippen LogP contribution in [0.25, 0.3) is 0 Å². The van der Waals surface area contributed by atoms with Crippen molar-refractivity contribution in [2.45, 2.75) is 13.0 Å². The number of rotatable bonds is 3. The number of carbonyl (C=O) groups excluding carboxylic acids is 1. The summed E-state index contributed by atoms with van der Waals surface area (Å²) in [5.74, 6) is 0.776. The normalized spacial score (nSPS) is 18.4. The Labute approximate surface area is 124 Å². The van der Waals surface area contributed by atoms with E-state index >= 15 is 0 Å². The zero-order valence-corrected chi connectivity index (χ0v) is 12.6. The molecule has 1 aromatic heterocycles. The highest BCUT2D eigenvalue weighted by Crippen LogP contribution is 2.17. The molecule has 0 N–H and O–H groups in total. The number of halogens is 1. The summed E-state index contributed by atoms with van der Waals surface area (Å²) >= 11 is 3.30. The van der Waals surface area contributed by atoms with Gasteiger partial charge in [0.25, 0.3) is 0 Å². The number of anilines is 1. The molecule has 0 unspecified atom stereocenters. The van der Waals surface area contributed by atoms with Gasteiger partial charge in [0, 0.05) is 19.3 Å². The molecule has 1 aromatic rings. The molecule has 3 heterocycles. The van der Waals surface area contributed by atoms with E-state index in [1.165, 1.54) is 0 Å². The Morgan fingerprint density at radius 2 is 2.05 bits per heavy atom. The summed E-state index contributed by atoms with van der Waals surface area (Å²) in [5.41, 5.74) is 0.970. The van der Waals surface area contributed by atoms with E-state index in [1.807, 2.05) is 4.90 Å². The number of amides is 1. The van der Waals surface area contributed by atoms with Crippen LogP contribution in [0.4, 0.5) is 5.95 Å². The zero-order valence-electron chi connectivity index (χ0n) is 11.0. The summed E-state index contributed by atoms with van der Waals surface area (Å²) in [7, 11) is 0. The Morgan fingerprint density at radius 3 is 2.65 bits per heavy atom. The van der Waals surface area contributed by atoms with Crippen LogP contribution in [0, 0.1) is 0 Å². The second-order valence-corrected chi connectivity index (χ2v) is 5.78. The zero-order chi connectivity index (χ0) is 14.1. The number of aromatic nitrogens is 2. The van der Waals surface area contributed by atoms with Crippen molar-refractivity contribution in [2.75, 3.05) is 31.1 Å². The molecule has 20 heavy (non-hydrogen) atoms. The monoisotopic (exact) mass is 339 g/mol. The SMILES string of the molecule is CC(=O)N1CC(ON=C2CN(c3ncc(Br)cn3)C2)C1. The lowest BCUT2D eigenvalue weighted by molar-refractivity contribution is -0.142. The summed E-state index contributed by atoms with van der Waals surface area (Å²) in [6, 6.07) is 0. The molecule has 0 spiro atoms. The summed E-state index contributed by atoms with van der Waals surface area (Å²) < 4.78 is 0.860. The molecule has 8 heteroatoms. The van der Waals surface area contributed by atoms with Crippen molar-refractivity contribution in [2.24, 2.45) is 5.16 Å². The first kappa shape index (κ1) is 13.3. The fraction of sp³-hybridized carbons (Fsp3) is 0.500. The van der Waals surface area contributed by atoms with Crippen molar-refractivity contribution < 1.29 is 9.63 Å². The molecule has 0 radical (unpaired) electrons. The molecule has 0 aromatic carbocycles. The first-order valence-electron chi connectivity index (χ1n) is 6.31. The molecule has 2 aliphatic rings. The quantitative estimate of drug-likeness (QED) is 0.756. The third-order valence-electron chi connectivity index (χ3n) is 3.26. The average Bonchev–Trinajstić information content (AvgIpc) is 2.30. The minimum Gasteiger partial charge on any atom is -0.389 e. The second-order valence-electron chi connectivity index (χ2n) is 4.87. The third-order valence-corrected chi connectivity index (χ3v) is 3.67. The van der Waals surface area contributed by atoms with Crippen LogP contribution < -0.4 is 4.90 Å². The Balaban J connectivity index is 1.43. The Kier molecular flexibility index (Phi) is 3.56. The maximum absolute atomic E-state index is 11.0. The van der Waals surface area contributed by atoms with E-state index in [4.69, 9.17) is 4.84 Å². The number of carbonyl (C=O) groups is 1. The van der Waals surface area contributed by atoms with Gasteiger partial charge in [-0.25, -0.2) is 9.97 Å². The molecule has 7 nitrogen and oxygen atoms in total. The molecule has 3 rings (SSSR count). The molecule has 2 aliphatic heterocycles. The van der Waals surface area contributed by atoms with Crippen LogP contribution in [-0.2, 0) is 9.63 Å². The standard InChI is InChI=1S/C12H14BrN5O2/c1-8(19)17-6-11(7-17)20-16-10-4-18(5-10)12-14-2-9(13)3-15-12/h2-3,11H,4-7H2,1H3. The highest BCUT2D eigenvalue weighted by molar-refractivity contribution is 9.10. The first-order chi connectivity index (χ1) is 9.61. The topological polar surface area (TPSA) is 70.9 Å². The lowest BCUT2D eigenvalue weighted by Gasteiger charge is -2.37. The lowest BCUT2D eigenvalue weighted by Crippen LogP contribution is -2.54. The van der Waals surface area contributed by atoms with Gasteiger partial charge in [-0.15, -0.1) is 0 Å². The van der Waals surface area contributed by atoms with Gasteiger partial charge in [0.2, 0.25) is 11.9 Å². The summed E-state index contributed by atoms with van der Waals surface area (Å²) in [5, 5.41) is 4.11. The van der Waals surface area contributed by atoms with Crippen LogP contribution in [0.1, 0.15) is 6.92 Å². The molecular formula is C12H14BrN5O2. The average molecular weight is 340 g/mol. The van der Waals surface area contributed by atoms with Crippen LogP contribution in [0.5, 0.6) is 0 Å². The van der Waals surface area contributed by atoms with E-state index < -0.39 is 0 Å². The number of hydrogen-bond donors (Lipinski definition) is 0. The Bertz CT molecular complexity index is 533. The van der Waals surface area contributed by atoms with Crippen LogP contribution in [0.15, 0.2) is 22.0 Å². The van der Waals surface area contributed by atoms with Gasteiger partial charge >= 0.3 is 0 Å². The van der Waals surface area contributed by atoms with E-state index in [0.29, 0.717) is 32.1 Å². The van der Waals surface area contributed by atoms with E-state index in [2.05, 4.69) is 31.1 Å². The van der Waals surface area contributed by atoms with Crippen LogP contribution in [-0.4, -0.2) is 58.8 Å². The molecule has 106 valence electrons. The van der Waals surface area contributed by atoms with Gasteiger partial charge in [-0.1, -0.05) is 5.16 Å². The molecule has 0 bridgehead atoms. The molecule has 0 aliphatic carbocycles. The first-order valence-corrected chi connectivity index (χ1v) is 7.10. The van der Waals surface area contributed by atoms with Crippen molar-refractivity contribution >= 4 is 33.5 Å². The Morgan fingerprint density at radius 1 is 1.40 bits per heavy atom. The maximum Gasteiger partial charge on any atom is 0.226 e. The van der Waals surface area contributed by atoms with E-state index in [1.54, 1.807) is 24.2 Å². The number of oxime groups is 1. The fourth-order valence-corrected chi connectivity index (χ4v) is 2.18. The van der Waals surface area contributed by atoms with E-state index in [0.717, 1.165) is 10.2 Å². The molecular weight excluding hydrogens is 326 g/mol. The van der Waals surface area contributed by atoms with Crippen molar-refractivity contribution in [3.05, 3.63) is 16.9 Å². The third kappa shape index (κ3) is 2.74. The van der Waals surface area contributed by atoms with Gasteiger partial charge in [0.15, 0.2) is 6.10 Å². The minimum atomic E-state index is 0.0318. The molecule has 0 atom stereocenters. The van der Waals surface area contributed by atoms with Gasteiger partial charge in [-0.3, -0.25) is 4.79 Å². The number of hydrogen-bond acceptors (Lipinski definition) is 6. The molecule has 1 amide bonds. The van der Waals surface area contributed by atoms with E-state index in [9.17, 15) is 4.79 Å².